The van der Waals surface area contributed by atoms with Crippen molar-refractivity contribution < 1.29 is 33.3 Å². The molecule has 0 fully saturated rings. The molecule has 10 nitrogen and oxygen atoms in total. The molecule has 2 amide bonds. The van der Waals surface area contributed by atoms with Gasteiger partial charge in [-0.25, -0.2) is 4.79 Å². The number of methoxy groups -OCH3 is 1. The van der Waals surface area contributed by atoms with Gasteiger partial charge in [-0.15, -0.1) is 0 Å². The average molecular weight is 600 g/mol. The predicted molar refractivity (Wildman–Crippen MR) is 166 cm³/mol. The Morgan fingerprint density at radius 2 is 1.84 bits per heavy atom. The minimum Gasteiger partial charge on any atom is -0.497 e. The summed E-state index contributed by atoms with van der Waals surface area (Å²) >= 11 is 0. The van der Waals surface area contributed by atoms with Crippen molar-refractivity contribution in [3.05, 3.63) is 53.6 Å². The van der Waals surface area contributed by atoms with Crippen LogP contribution in [-0.2, 0) is 20.8 Å². The van der Waals surface area contributed by atoms with Gasteiger partial charge in [-0.05, 0) is 76.4 Å². The van der Waals surface area contributed by atoms with Crippen LogP contribution in [0.25, 0.3) is 0 Å². The van der Waals surface area contributed by atoms with E-state index in [1.54, 1.807) is 37.3 Å². The maximum Gasteiger partial charge on any atom is 0.410 e. The van der Waals surface area contributed by atoms with Crippen LogP contribution in [0.3, 0.4) is 0 Å². The quantitative estimate of drug-likeness (QED) is 0.402. The molecule has 43 heavy (non-hydrogen) atoms. The van der Waals surface area contributed by atoms with Crippen LogP contribution in [0.15, 0.2) is 42.5 Å². The van der Waals surface area contributed by atoms with Gasteiger partial charge >= 0.3 is 6.09 Å². The number of amides is 2. The van der Waals surface area contributed by atoms with E-state index < -0.39 is 11.7 Å². The number of fused-ring (bicyclic) bond motifs is 1. The van der Waals surface area contributed by atoms with Crippen molar-refractivity contribution in [1.82, 2.24) is 9.80 Å². The summed E-state index contributed by atoms with van der Waals surface area (Å²) in [6.45, 7) is 11.9. The third kappa shape index (κ3) is 10.6. The number of anilines is 1. The van der Waals surface area contributed by atoms with Gasteiger partial charge in [-0.2, -0.15) is 0 Å². The summed E-state index contributed by atoms with van der Waals surface area (Å²) in [6, 6.07) is 12.6. The molecule has 0 aliphatic carbocycles. The topological polar surface area (TPSA) is 113 Å². The molecule has 0 saturated heterocycles. The smallest absolute Gasteiger partial charge is 0.410 e. The first-order chi connectivity index (χ1) is 20.4. The van der Waals surface area contributed by atoms with Gasteiger partial charge in [-0.1, -0.05) is 19.1 Å². The van der Waals surface area contributed by atoms with Crippen LogP contribution >= 0.6 is 0 Å². The normalized spacial score (nSPS) is 19.1. The highest BCUT2D eigenvalue weighted by Crippen LogP contribution is 2.26. The Kier molecular flexibility index (Phi) is 12.5. The largest absolute Gasteiger partial charge is 0.497 e. The lowest BCUT2D eigenvalue weighted by Gasteiger charge is -2.36. The summed E-state index contributed by atoms with van der Waals surface area (Å²) in [5, 5.41) is 0. The molecule has 0 bridgehead atoms. The Morgan fingerprint density at radius 1 is 1.14 bits per heavy atom. The molecule has 3 atom stereocenters. The number of nitrogen functional groups attached to an aromatic ring is 1. The number of hydrogen-bond donors (Lipinski definition) is 1. The van der Waals surface area contributed by atoms with Gasteiger partial charge in [0.1, 0.15) is 17.1 Å². The maximum atomic E-state index is 14.2. The van der Waals surface area contributed by atoms with E-state index in [-0.39, 0.29) is 24.0 Å². The zero-order valence-corrected chi connectivity index (χ0v) is 26.8. The van der Waals surface area contributed by atoms with Gasteiger partial charge < -0.3 is 39.2 Å². The molecule has 10 heteroatoms. The number of hydrogen-bond acceptors (Lipinski definition) is 8. The number of benzene rings is 2. The molecule has 0 aromatic heterocycles. The summed E-state index contributed by atoms with van der Waals surface area (Å²) in [5.41, 5.74) is 7.41. The van der Waals surface area contributed by atoms with E-state index in [1.807, 2.05) is 58.9 Å². The van der Waals surface area contributed by atoms with E-state index in [0.29, 0.717) is 56.5 Å². The second kappa shape index (κ2) is 15.8. The Bertz CT molecular complexity index is 1180. The van der Waals surface area contributed by atoms with Gasteiger partial charge in [0.15, 0.2) is 0 Å². The predicted octanol–water partition coefficient (Wildman–Crippen LogP) is 5.39. The number of nitrogens with two attached hydrogens (primary N) is 1. The third-order valence-corrected chi connectivity index (χ3v) is 7.22. The molecular formula is C33H49N3O7. The number of ether oxygens (including phenoxy) is 5. The zero-order valence-electron chi connectivity index (χ0n) is 26.8. The van der Waals surface area contributed by atoms with Crippen LogP contribution in [-0.4, -0.2) is 86.6 Å². The molecule has 1 aliphatic heterocycles. The van der Waals surface area contributed by atoms with Crippen molar-refractivity contribution in [3.63, 3.8) is 0 Å². The summed E-state index contributed by atoms with van der Waals surface area (Å²) in [7, 11) is 3.34. The first-order valence-corrected chi connectivity index (χ1v) is 15.0. The van der Waals surface area contributed by atoms with Crippen LogP contribution in [0.1, 0.15) is 63.4 Å². The SMILES string of the molecule is COc1ccc(COC[C@H](C)N2C[C@@H](C)[C@H](CN(C)C(=O)OC(C)(C)C)OCCCCOc3ccc(N)cc3C2=O)cc1. The van der Waals surface area contributed by atoms with Gasteiger partial charge in [0, 0.05) is 31.8 Å². The Morgan fingerprint density at radius 3 is 2.51 bits per heavy atom. The van der Waals surface area contributed by atoms with Crippen molar-refractivity contribution in [2.75, 3.05) is 52.8 Å². The standard InChI is InChI=1S/C33H49N3O7/c1-23-19-36(24(2)21-40-22-25-10-13-27(39-7)14-11-25)31(37)28-18-26(34)12-15-29(28)41-16-8-9-17-42-30(23)20-35(6)32(38)43-33(3,4)5/h10-15,18,23-24,30H,8-9,16-17,19-22,34H2,1-7H3/t23-,24+,30+/m1/s1. The van der Waals surface area contributed by atoms with E-state index >= 15 is 0 Å². The summed E-state index contributed by atoms with van der Waals surface area (Å²) in [5.74, 6) is 0.961. The Hall–Kier alpha value is -3.50. The monoisotopic (exact) mass is 599 g/mol. The van der Waals surface area contributed by atoms with Gasteiger partial charge in [-0.3, -0.25) is 4.79 Å². The van der Waals surface area contributed by atoms with E-state index in [1.165, 1.54) is 4.90 Å². The maximum absolute atomic E-state index is 14.2. The number of carbonyl (C=O) groups excluding carboxylic acids is 2. The second-order valence-electron chi connectivity index (χ2n) is 12.2. The fourth-order valence-electron chi connectivity index (χ4n) is 4.75. The molecular weight excluding hydrogens is 550 g/mol. The van der Waals surface area contributed by atoms with Gasteiger partial charge in [0.05, 0.1) is 51.2 Å². The number of nitrogens with zero attached hydrogens (tertiary/aromatic N) is 2. The van der Waals surface area contributed by atoms with Gasteiger partial charge in [0.25, 0.3) is 5.91 Å². The molecule has 2 N–H and O–H groups in total. The molecule has 0 saturated carbocycles. The first kappa shape index (κ1) is 34.0. The Balaban J connectivity index is 1.83. The van der Waals surface area contributed by atoms with E-state index in [9.17, 15) is 9.59 Å². The zero-order chi connectivity index (χ0) is 31.6. The number of rotatable bonds is 8. The first-order valence-electron chi connectivity index (χ1n) is 15.0. The molecule has 2 aromatic carbocycles. The second-order valence-corrected chi connectivity index (χ2v) is 12.2. The van der Waals surface area contributed by atoms with E-state index in [4.69, 9.17) is 29.4 Å². The van der Waals surface area contributed by atoms with Crippen LogP contribution < -0.4 is 15.2 Å². The lowest BCUT2D eigenvalue weighted by atomic mass is 10.0. The van der Waals surface area contributed by atoms with E-state index in [0.717, 1.165) is 24.2 Å². The van der Waals surface area contributed by atoms with Crippen molar-refractivity contribution in [2.45, 2.75) is 71.8 Å². The van der Waals surface area contributed by atoms with Crippen LogP contribution in [0.4, 0.5) is 10.5 Å². The Labute approximate surface area is 256 Å². The number of carbonyl (C=O) groups is 2. The highest BCUT2D eigenvalue weighted by atomic mass is 16.6. The van der Waals surface area contributed by atoms with Crippen LogP contribution in [0, 0.1) is 5.92 Å². The molecule has 0 unspecified atom stereocenters. The van der Waals surface area contributed by atoms with Crippen LogP contribution in [0.5, 0.6) is 11.5 Å². The molecule has 3 rings (SSSR count). The molecule has 238 valence electrons. The van der Waals surface area contributed by atoms with Crippen molar-refractivity contribution in [1.29, 1.82) is 0 Å². The summed E-state index contributed by atoms with van der Waals surface area (Å²) in [4.78, 5) is 30.3. The highest BCUT2D eigenvalue weighted by Gasteiger charge is 2.31. The minimum absolute atomic E-state index is 0.121. The fourth-order valence-corrected chi connectivity index (χ4v) is 4.75. The lowest BCUT2D eigenvalue weighted by molar-refractivity contribution is -0.0264. The highest BCUT2D eigenvalue weighted by molar-refractivity contribution is 5.98. The minimum atomic E-state index is -0.609. The lowest BCUT2D eigenvalue weighted by Crippen LogP contribution is -2.48. The van der Waals surface area contributed by atoms with Crippen LogP contribution in [0.2, 0.25) is 0 Å². The summed E-state index contributed by atoms with van der Waals surface area (Å²) in [6.07, 6.45) is 0.775. The van der Waals surface area contributed by atoms with E-state index in [2.05, 4.69) is 0 Å². The fraction of sp³-hybridized carbons (Fsp3) is 0.576. The summed E-state index contributed by atoms with van der Waals surface area (Å²) < 4.78 is 29.3. The molecule has 1 heterocycles. The van der Waals surface area contributed by atoms with Crippen molar-refractivity contribution in [3.8, 4) is 11.5 Å². The molecule has 1 aliphatic rings. The molecule has 2 aromatic rings. The van der Waals surface area contributed by atoms with Gasteiger partial charge in [0.2, 0.25) is 0 Å². The number of likely N-dealkylation sites (N-methyl/N-ethyl adjacent to an activating group) is 1. The molecule has 0 spiro atoms. The molecule has 0 radical (unpaired) electrons. The van der Waals surface area contributed by atoms with Crippen molar-refractivity contribution in [2.24, 2.45) is 5.92 Å². The third-order valence-electron chi connectivity index (χ3n) is 7.22. The van der Waals surface area contributed by atoms with Crippen molar-refractivity contribution >= 4 is 17.7 Å². The average Bonchev–Trinajstić information content (AvgIpc) is 2.96.